The fraction of sp³-hybridized carbons (Fsp3) is 0.467. The minimum atomic E-state index is -1.02. The lowest BCUT2D eigenvalue weighted by atomic mass is 10.3. The molecule has 0 aliphatic heterocycles. The molecule has 3 N–H and O–H groups in total. The summed E-state index contributed by atoms with van der Waals surface area (Å²) < 4.78 is 25.9. The molecule has 1 unspecified atom stereocenters. The molecule has 0 heterocycles. The Morgan fingerprint density at radius 2 is 1.77 bits per heavy atom. The Hall–Kier alpha value is -2.02. The number of rotatable bonds is 7. The number of amides is 2. The zero-order chi connectivity index (χ0) is 16.7. The Morgan fingerprint density at radius 1 is 1.14 bits per heavy atom. The van der Waals surface area contributed by atoms with Crippen molar-refractivity contribution in [3.63, 3.8) is 0 Å². The van der Waals surface area contributed by atoms with Gasteiger partial charge in [0.05, 0.1) is 6.54 Å². The highest BCUT2D eigenvalue weighted by atomic mass is 19.2. The van der Waals surface area contributed by atoms with Crippen molar-refractivity contribution in [3.05, 3.63) is 29.8 Å². The van der Waals surface area contributed by atoms with Crippen LogP contribution in [0.1, 0.15) is 20.8 Å². The Bertz CT molecular complexity index is 536. The summed E-state index contributed by atoms with van der Waals surface area (Å²) in [6, 6.07) is 3.20. The molecule has 0 saturated heterocycles. The first-order valence-electron chi connectivity index (χ1n) is 7.19. The lowest BCUT2D eigenvalue weighted by Crippen LogP contribution is -3.14. The Labute approximate surface area is 128 Å². The SMILES string of the molecule is CC[NH+](CC(=O)Nc1ccc(F)c(F)c1)CC(=O)NC(C)C. The van der Waals surface area contributed by atoms with E-state index in [1.807, 2.05) is 20.8 Å². The minimum Gasteiger partial charge on any atom is -0.349 e. The van der Waals surface area contributed by atoms with Gasteiger partial charge in [-0.15, -0.1) is 0 Å². The lowest BCUT2D eigenvalue weighted by molar-refractivity contribution is -0.881. The summed E-state index contributed by atoms with van der Waals surface area (Å²) in [5, 5.41) is 5.25. The zero-order valence-electron chi connectivity index (χ0n) is 13.0. The van der Waals surface area contributed by atoms with Gasteiger partial charge in [0.2, 0.25) is 0 Å². The number of hydrogen-bond donors (Lipinski definition) is 3. The summed E-state index contributed by atoms with van der Waals surface area (Å²) in [6.07, 6.45) is 0. The first-order valence-corrected chi connectivity index (χ1v) is 7.19. The third kappa shape index (κ3) is 6.17. The number of carbonyl (C=O) groups is 2. The second-order valence-corrected chi connectivity index (χ2v) is 5.36. The smallest absolute Gasteiger partial charge is 0.279 e. The van der Waals surface area contributed by atoms with Crippen molar-refractivity contribution in [2.24, 2.45) is 0 Å². The van der Waals surface area contributed by atoms with Crippen LogP contribution < -0.4 is 15.5 Å². The van der Waals surface area contributed by atoms with Crippen LogP contribution >= 0.6 is 0 Å². The quantitative estimate of drug-likeness (QED) is 0.679. The molecule has 0 fully saturated rings. The Balaban J connectivity index is 2.54. The van der Waals surface area contributed by atoms with Crippen LogP contribution in [-0.2, 0) is 9.59 Å². The van der Waals surface area contributed by atoms with E-state index in [0.29, 0.717) is 6.54 Å². The summed E-state index contributed by atoms with van der Waals surface area (Å²) >= 11 is 0. The maximum absolute atomic E-state index is 13.1. The predicted octanol–water partition coefficient (Wildman–Crippen LogP) is 0.333. The van der Waals surface area contributed by atoms with Crippen molar-refractivity contribution < 1.29 is 23.3 Å². The molecule has 7 heteroatoms. The fourth-order valence-electron chi connectivity index (χ4n) is 1.92. The number of hydrogen-bond acceptors (Lipinski definition) is 2. The van der Waals surface area contributed by atoms with Crippen molar-refractivity contribution >= 4 is 17.5 Å². The molecule has 0 aliphatic carbocycles. The molecule has 1 aromatic rings. The molecule has 0 aliphatic rings. The third-order valence-corrected chi connectivity index (χ3v) is 2.97. The molecule has 0 spiro atoms. The summed E-state index contributed by atoms with van der Waals surface area (Å²) in [7, 11) is 0. The van der Waals surface area contributed by atoms with Gasteiger partial charge in [0.15, 0.2) is 24.7 Å². The van der Waals surface area contributed by atoms with Crippen molar-refractivity contribution in [3.8, 4) is 0 Å². The largest absolute Gasteiger partial charge is 0.349 e. The number of nitrogens with one attached hydrogen (secondary N) is 3. The number of benzene rings is 1. The second-order valence-electron chi connectivity index (χ2n) is 5.36. The number of anilines is 1. The van der Waals surface area contributed by atoms with Crippen molar-refractivity contribution in [2.45, 2.75) is 26.8 Å². The highest BCUT2D eigenvalue weighted by Crippen LogP contribution is 2.12. The molecule has 0 saturated carbocycles. The van der Waals surface area contributed by atoms with E-state index in [4.69, 9.17) is 0 Å². The zero-order valence-corrected chi connectivity index (χ0v) is 13.0. The van der Waals surface area contributed by atoms with Crippen molar-refractivity contribution in [1.29, 1.82) is 0 Å². The average Bonchev–Trinajstić information content (AvgIpc) is 2.41. The van der Waals surface area contributed by atoms with Gasteiger partial charge in [-0.3, -0.25) is 9.59 Å². The Kier molecular flexibility index (Phi) is 6.91. The molecule has 2 amide bonds. The normalized spacial score (nSPS) is 12.1. The van der Waals surface area contributed by atoms with Gasteiger partial charge in [0.25, 0.3) is 11.8 Å². The molecule has 122 valence electrons. The van der Waals surface area contributed by atoms with Crippen LogP contribution in [0.4, 0.5) is 14.5 Å². The molecule has 5 nitrogen and oxygen atoms in total. The van der Waals surface area contributed by atoms with E-state index in [1.165, 1.54) is 6.07 Å². The van der Waals surface area contributed by atoms with Crippen LogP contribution in [0.3, 0.4) is 0 Å². The van der Waals surface area contributed by atoms with Gasteiger partial charge < -0.3 is 15.5 Å². The fourth-order valence-corrected chi connectivity index (χ4v) is 1.92. The van der Waals surface area contributed by atoms with Crippen molar-refractivity contribution in [2.75, 3.05) is 25.0 Å². The highest BCUT2D eigenvalue weighted by Gasteiger charge is 2.17. The standard InChI is InChI=1S/C15H21F2N3O2/c1-4-20(8-14(21)18-10(2)3)9-15(22)19-11-5-6-12(16)13(17)7-11/h5-7,10H,4,8-9H2,1-3H3,(H,18,21)(H,19,22)/p+1. The minimum absolute atomic E-state index is 0.0432. The maximum atomic E-state index is 13.1. The molecule has 1 rings (SSSR count). The molecule has 1 atom stereocenters. The molecular weight excluding hydrogens is 292 g/mol. The van der Waals surface area contributed by atoms with Crippen LogP contribution in [0.5, 0.6) is 0 Å². The van der Waals surface area contributed by atoms with Gasteiger partial charge in [0, 0.05) is 17.8 Å². The monoisotopic (exact) mass is 314 g/mol. The highest BCUT2D eigenvalue weighted by molar-refractivity contribution is 5.91. The van der Waals surface area contributed by atoms with E-state index < -0.39 is 11.6 Å². The number of halogens is 2. The number of likely N-dealkylation sites (N-methyl/N-ethyl adjacent to an activating group) is 1. The summed E-state index contributed by atoms with van der Waals surface area (Å²) in [5.41, 5.74) is 0.186. The molecular formula is C15H22F2N3O2+. The maximum Gasteiger partial charge on any atom is 0.279 e. The first kappa shape index (κ1) is 18.0. The van der Waals surface area contributed by atoms with Gasteiger partial charge in [-0.1, -0.05) is 0 Å². The third-order valence-electron chi connectivity index (χ3n) is 2.97. The van der Waals surface area contributed by atoms with Crippen LogP contribution in [0.15, 0.2) is 18.2 Å². The van der Waals surface area contributed by atoms with Crippen LogP contribution in [0.25, 0.3) is 0 Å². The van der Waals surface area contributed by atoms with Crippen LogP contribution in [-0.4, -0.2) is 37.5 Å². The van der Waals surface area contributed by atoms with E-state index in [0.717, 1.165) is 17.0 Å². The van der Waals surface area contributed by atoms with E-state index in [1.54, 1.807) is 0 Å². The number of quaternary nitrogens is 1. The van der Waals surface area contributed by atoms with Crippen LogP contribution in [0, 0.1) is 11.6 Å². The summed E-state index contributed by atoms with van der Waals surface area (Å²) in [5.74, 6) is -2.48. The average molecular weight is 314 g/mol. The van der Waals surface area contributed by atoms with Gasteiger partial charge >= 0.3 is 0 Å². The van der Waals surface area contributed by atoms with Gasteiger partial charge in [-0.05, 0) is 32.9 Å². The van der Waals surface area contributed by atoms with E-state index in [2.05, 4.69) is 10.6 Å². The first-order chi connectivity index (χ1) is 10.3. The molecule has 0 radical (unpaired) electrons. The van der Waals surface area contributed by atoms with Crippen molar-refractivity contribution in [1.82, 2.24) is 5.32 Å². The summed E-state index contributed by atoms with van der Waals surface area (Å²) in [6.45, 7) is 6.43. The Morgan fingerprint density at radius 3 is 2.32 bits per heavy atom. The molecule has 0 aromatic heterocycles. The predicted molar refractivity (Wildman–Crippen MR) is 79.5 cm³/mol. The van der Waals surface area contributed by atoms with E-state index in [9.17, 15) is 18.4 Å². The topological polar surface area (TPSA) is 62.6 Å². The number of carbonyl (C=O) groups excluding carboxylic acids is 2. The van der Waals surface area contributed by atoms with Gasteiger partial charge in [-0.25, -0.2) is 8.78 Å². The molecule has 22 heavy (non-hydrogen) atoms. The summed E-state index contributed by atoms with van der Waals surface area (Å²) in [4.78, 5) is 24.4. The van der Waals surface area contributed by atoms with E-state index >= 15 is 0 Å². The lowest BCUT2D eigenvalue weighted by Gasteiger charge is -2.17. The van der Waals surface area contributed by atoms with Gasteiger partial charge in [0.1, 0.15) is 0 Å². The van der Waals surface area contributed by atoms with Gasteiger partial charge in [-0.2, -0.15) is 0 Å². The van der Waals surface area contributed by atoms with Crippen LogP contribution in [0.2, 0.25) is 0 Å². The van der Waals surface area contributed by atoms with E-state index in [-0.39, 0.29) is 36.6 Å². The second kappa shape index (κ2) is 8.43. The molecule has 0 bridgehead atoms. The molecule has 1 aromatic carbocycles.